The number of amides is 1. The summed E-state index contributed by atoms with van der Waals surface area (Å²) in [4.78, 5) is 14.4. The number of halogens is 2. The summed E-state index contributed by atoms with van der Waals surface area (Å²) < 4.78 is 19.2. The van der Waals surface area contributed by atoms with Crippen molar-refractivity contribution in [3.63, 3.8) is 0 Å². The molecule has 1 atom stereocenters. The largest absolute Gasteiger partial charge is 0.378 e. The molecule has 1 aliphatic heterocycles. The van der Waals surface area contributed by atoms with Gasteiger partial charge in [0.1, 0.15) is 5.82 Å². The molecule has 0 spiro atoms. The monoisotopic (exact) mass is 352 g/mol. The summed E-state index contributed by atoms with van der Waals surface area (Å²) in [5, 5.41) is 3.19. The van der Waals surface area contributed by atoms with Crippen LogP contribution in [0.3, 0.4) is 0 Å². The van der Waals surface area contributed by atoms with Gasteiger partial charge in [-0.3, -0.25) is 9.69 Å². The van der Waals surface area contributed by atoms with E-state index in [0.29, 0.717) is 26.2 Å². The molecule has 0 aromatic heterocycles. The second-order valence-corrected chi connectivity index (χ2v) is 6.77. The van der Waals surface area contributed by atoms with E-state index in [1.54, 1.807) is 6.07 Å². The van der Waals surface area contributed by atoms with Crippen LogP contribution in [0.2, 0.25) is 5.02 Å². The van der Waals surface area contributed by atoms with E-state index in [1.165, 1.54) is 6.07 Å². The smallest absolute Gasteiger partial charge is 0.221 e. The lowest BCUT2D eigenvalue weighted by atomic mass is 10.1. The highest BCUT2D eigenvalue weighted by Crippen LogP contribution is 2.20. The van der Waals surface area contributed by atoms with Gasteiger partial charge < -0.3 is 10.1 Å². The predicted octanol–water partition coefficient (Wildman–Crippen LogP) is 2.90. The normalized spacial score (nSPS) is 22.0. The molecule has 0 unspecified atom stereocenters. The van der Waals surface area contributed by atoms with Gasteiger partial charge in [-0.25, -0.2) is 4.39 Å². The van der Waals surface area contributed by atoms with Crippen molar-refractivity contribution in [2.24, 2.45) is 0 Å². The van der Waals surface area contributed by atoms with Gasteiger partial charge in [0, 0.05) is 31.6 Å². The van der Waals surface area contributed by atoms with Gasteiger partial charge in [-0.05, 0) is 30.5 Å². The zero-order chi connectivity index (χ0) is 16.9. The summed E-state index contributed by atoms with van der Waals surface area (Å²) in [5.74, 6) is -0.364. The molecule has 3 rings (SSSR count). The number of ether oxygens (including phenoxy) is 1. The van der Waals surface area contributed by atoms with E-state index in [-0.39, 0.29) is 23.0 Å². The average Bonchev–Trinajstić information content (AvgIpc) is 3.05. The minimum absolute atomic E-state index is 0.00634. The minimum Gasteiger partial charge on any atom is -0.378 e. The van der Waals surface area contributed by atoms with E-state index in [4.69, 9.17) is 16.3 Å². The van der Waals surface area contributed by atoms with E-state index in [2.05, 4.69) is 22.4 Å². The van der Waals surface area contributed by atoms with Crippen molar-refractivity contribution in [1.82, 2.24) is 10.2 Å². The zero-order valence-corrected chi connectivity index (χ0v) is 14.3. The molecule has 0 radical (unpaired) electrons. The summed E-state index contributed by atoms with van der Waals surface area (Å²) in [6.45, 7) is 2.46. The molecule has 1 saturated heterocycles. The summed E-state index contributed by atoms with van der Waals surface area (Å²) in [6, 6.07) is 5.08. The van der Waals surface area contributed by atoms with Gasteiger partial charge in [0.2, 0.25) is 5.91 Å². The van der Waals surface area contributed by atoms with Gasteiger partial charge in [0.15, 0.2) is 0 Å². The van der Waals surface area contributed by atoms with Crippen LogP contribution >= 0.6 is 11.6 Å². The first kappa shape index (κ1) is 17.4. The molecule has 4 nitrogen and oxygen atoms in total. The van der Waals surface area contributed by atoms with Crippen LogP contribution in [0.4, 0.5) is 4.39 Å². The molecule has 1 aliphatic carbocycles. The Bertz CT molecular complexity index is 615. The highest BCUT2D eigenvalue weighted by atomic mass is 35.5. The fraction of sp³-hybridized carbons (Fsp3) is 0.500. The molecular weight excluding hydrogens is 331 g/mol. The summed E-state index contributed by atoms with van der Waals surface area (Å²) in [6.07, 6.45) is 6.39. The molecule has 6 heteroatoms. The van der Waals surface area contributed by atoms with Crippen molar-refractivity contribution in [3.8, 4) is 0 Å². The molecular formula is C18H22ClFN2O2. The number of hydrogen-bond acceptors (Lipinski definition) is 3. The Hall–Kier alpha value is -1.43. The summed E-state index contributed by atoms with van der Waals surface area (Å²) in [5.41, 5.74) is 0.851. The number of benzene rings is 1. The Morgan fingerprint density at radius 3 is 2.92 bits per heavy atom. The highest BCUT2D eigenvalue weighted by molar-refractivity contribution is 6.30. The van der Waals surface area contributed by atoms with E-state index in [1.807, 2.05) is 6.07 Å². The fourth-order valence-electron chi connectivity index (χ4n) is 3.19. The molecule has 24 heavy (non-hydrogen) atoms. The Morgan fingerprint density at radius 1 is 1.38 bits per heavy atom. The summed E-state index contributed by atoms with van der Waals surface area (Å²) in [7, 11) is 0. The van der Waals surface area contributed by atoms with Crippen molar-refractivity contribution in [2.45, 2.75) is 37.9 Å². The molecule has 1 N–H and O–H groups in total. The van der Waals surface area contributed by atoms with E-state index in [0.717, 1.165) is 24.9 Å². The topological polar surface area (TPSA) is 41.6 Å². The standard InChI is InChI=1S/C18H22ClFN2O2/c19-16-6-5-13(9-17(16)20)11-22-7-8-24-12-15(22)10-18(23)21-14-3-1-2-4-14/h1-2,5-6,9,14-15H,3-4,7-8,10-12H2,(H,21,23)/t15-/m1/s1. The molecule has 0 bridgehead atoms. The van der Waals surface area contributed by atoms with Crippen LogP contribution in [0.25, 0.3) is 0 Å². The van der Waals surface area contributed by atoms with Crippen LogP contribution < -0.4 is 5.32 Å². The Balaban J connectivity index is 1.58. The first-order valence-electron chi connectivity index (χ1n) is 8.32. The third kappa shape index (κ3) is 4.56. The van der Waals surface area contributed by atoms with Crippen LogP contribution in [0.1, 0.15) is 24.8 Å². The second kappa shape index (κ2) is 8.10. The number of hydrogen-bond donors (Lipinski definition) is 1. The number of morpholine rings is 1. The molecule has 1 aromatic rings. The third-order valence-electron chi connectivity index (χ3n) is 4.51. The lowest BCUT2D eigenvalue weighted by Gasteiger charge is -2.35. The van der Waals surface area contributed by atoms with Crippen molar-refractivity contribution in [1.29, 1.82) is 0 Å². The van der Waals surface area contributed by atoms with Crippen molar-refractivity contribution < 1.29 is 13.9 Å². The average molecular weight is 353 g/mol. The van der Waals surface area contributed by atoms with E-state index in [9.17, 15) is 9.18 Å². The molecule has 130 valence electrons. The predicted molar refractivity (Wildman–Crippen MR) is 91.3 cm³/mol. The van der Waals surface area contributed by atoms with Gasteiger partial charge in [-0.1, -0.05) is 29.8 Å². The maximum absolute atomic E-state index is 13.6. The third-order valence-corrected chi connectivity index (χ3v) is 4.82. The SMILES string of the molecule is O=C(C[C@@H]1COCCN1Cc1ccc(Cl)c(F)c1)NC1CC=CC1. The van der Waals surface area contributed by atoms with Gasteiger partial charge in [0.05, 0.1) is 18.2 Å². The Morgan fingerprint density at radius 2 is 2.17 bits per heavy atom. The van der Waals surface area contributed by atoms with Crippen LogP contribution in [0.5, 0.6) is 0 Å². The van der Waals surface area contributed by atoms with Crippen molar-refractivity contribution in [2.75, 3.05) is 19.8 Å². The minimum atomic E-state index is -0.412. The highest BCUT2D eigenvalue weighted by Gasteiger charge is 2.26. The second-order valence-electron chi connectivity index (χ2n) is 6.36. The van der Waals surface area contributed by atoms with Gasteiger partial charge in [-0.15, -0.1) is 0 Å². The lowest BCUT2D eigenvalue weighted by Crippen LogP contribution is -2.48. The Kier molecular flexibility index (Phi) is 5.87. The molecule has 1 fully saturated rings. The summed E-state index contributed by atoms with van der Waals surface area (Å²) >= 11 is 5.74. The molecule has 0 saturated carbocycles. The van der Waals surface area contributed by atoms with Gasteiger partial charge >= 0.3 is 0 Å². The van der Waals surface area contributed by atoms with E-state index < -0.39 is 5.82 Å². The van der Waals surface area contributed by atoms with Gasteiger partial charge in [-0.2, -0.15) is 0 Å². The fourth-order valence-corrected chi connectivity index (χ4v) is 3.31. The molecule has 1 heterocycles. The maximum atomic E-state index is 13.6. The molecule has 2 aliphatic rings. The quantitative estimate of drug-likeness (QED) is 0.828. The number of carbonyl (C=O) groups excluding carboxylic acids is 1. The zero-order valence-electron chi connectivity index (χ0n) is 13.5. The first-order chi connectivity index (χ1) is 11.6. The molecule has 1 aromatic carbocycles. The van der Waals surface area contributed by atoms with Crippen molar-refractivity contribution in [3.05, 3.63) is 46.8 Å². The van der Waals surface area contributed by atoms with Crippen LogP contribution in [0.15, 0.2) is 30.4 Å². The van der Waals surface area contributed by atoms with E-state index >= 15 is 0 Å². The van der Waals surface area contributed by atoms with Crippen molar-refractivity contribution >= 4 is 17.5 Å². The Labute approximate surface area is 146 Å². The van der Waals surface area contributed by atoms with Crippen LogP contribution in [-0.2, 0) is 16.1 Å². The number of carbonyl (C=O) groups is 1. The first-order valence-corrected chi connectivity index (χ1v) is 8.69. The van der Waals surface area contributed by atoms with Crippen LogP contribution in [0, 0.1) is 5.82 Å². The maximum Gasteiger partial charge on any atom is 0.221 e. The number of nitrogens with one attached hydrogen (secondary N) is 1. The van der Waals surface area contributed by atoms with Crippen LogP contribution in [-0.4, -0.2) is 42.6 Å². The lowest BCUT2D eigenvalue weighted by molar-refractivity contribution is -0.125. The number of rotatable bonds is 5. The number of nitrogens with zero attached hydrogens (tertiary/aromatic N) is 1. The molecule has 1 amide bonds. The van der Waals surface area contributed by atoms with Gasteiger partial charge in [0.25, 0.3) is 0 Å².